The molecule has 31 heavy (non-hydrogen) atoms. The number of carbonyl (C=O) groups excluding carboxylic acids is 1. The van der Waals surface area contributed by atoms with Crippen LogP contribution in [0.1, 0.15) is 19.2 Å². The van der Waals surface area contributed by atoms with E-state index in [4.69, 9.17) is 14.0 Å². The number of benzene rings is 2. The largest absolute Gasteiger partial charge is 0.486 e. The van der Waals surface area contributed by atoms with Crippen LogP contribution in [0.25, 0.3) is 11.4 Å². The second-order valence-electron chi connectivity index (χ2n) is 7.26. The maximum absolute atomic E-state index is 12.5. The zero-order chi connectivity index (χ0) is 21.5. The molecule has 0 bridgehead atoms. The summed E-state index contributed by atoms with van der Waals surface area (Å²) in [6, 6.07) is 15.2. The van der Waals surface area contributed by atoms with Crippen molar-refractivity contribution in [2.24, 2.45) is 0 Å². The summed E-state index contributed by atoms with van der Waals surface area (Å²) < 4.78 is 16.4. The number of ether oxygens (including phenoxy) is 2. The Hall–Kier alpha value is -3.39. The van der Waals surface area contributed by atoms with Crippen molar-refractivity contribution in [1.82, 2.24) is 15.0 Å². The first-order valence-corrected chi connectivity index (χ1v) is 10.5. The van der Waals surface area contributed by atoms with Gasteiger partial charge in [-0.15, -0.1) is 0 Å². The van der Waals surface area contributed by atoms with Gasteiger partial charge >= 0.3 is 0 Å². The minimum Gasteiger partial charge on any atom is -0.486 e. The number of aryl methyl sites for hydroxylation is 1. The van der Waals surface area contributed by atoms with Crippen LogP contribution < -0.4 is 14.8 Å². The molecule has 0 atom stereocenters. The molecule has 4 rings (SSSR count). The Morgan fingerprint density at radius 2 is 1.90 bits per heavy atom. The smallest absolute Gasteiger partial charge is 0.238 e. The van der Waals surface area contributed by atoms with Crippen LogP contribution >= 0.6 is 0 Å². The summed E-state index contributed by atoms with van der Waals surface area (Å²) in [7, 11) is 0. The number of likely N-dealkylation sites (N-methyl/N-ethyl adjacent to an activating group) is 1. The summed E-state index contributed by atoms with van der Waals surface area (Å²) in [4.78, 5) is 19.0. The topological polar surface area (TPSA) is 89.7 Å². The lowest BCUT2D eigenvalue weighted by molar-refractivity contribution is -0.117. The highest BCUT2D eigenvalue weighted by atomic mass is 16.6. The highest BCUT2D eigenvalue weighted by Gasteiger charge is 2.15. The van der Waals surface area contributed by atoms with Crippen molar-refractivity contribution in [2.75, 3.05) is 38.2 Å². The molecule has 3 aromatic rings. The molecule has 0 spiro atoms. The molecule has 2 aromatic carbocycles. The lowest BCUT2D eigenvalue weighted by Crippen LogP contribution is -2.34. The van der Waals surface area contributed by atoms with Crippen molar-refractivity contribution in [1.29, 1.82) is 0 Å². The number of amides is 1. The predicted molar refractivity (Wildman–Crippen MR) is 116 cm³/mol. The molecule has 0 radical (unpaired) electrons. The molecule has 1 aromatic heterocycles. The average Bonchev–Trinajstić information content (AvgIpc) is 3.28. The van der Waals surface area contributed by atoms with Crippen molar-refractivity contribution >= 4 is 11.6 Å². The van der Waals surface area contributed by atoms with E-state index < -0.39 is 0 Å². The van der Waals surface area contributed by atoms with Crippen LogP contribution in [0.4, 0.5) is 5.69 Å². The van der Waals surface area contributed by atoms with Gasteiger partial charge in [0.2, 0.25) is 17.6 Å². The molecule has 8 nitrogen and oxygen atoms in total. The Balaban J connectivity index is 1.24. The molecule has 0 saturated carbocycles. The summed E-state index contributed by atoms with van der Waals surface area (Å²) in [5, 5.41) is 6.98. The van der Waals surface area contributed by atoms with Gasteiger partial charge in [0.25, 0.3) is 0 Å². The van der Waals surface area contributed by atoms with Crippen molar-refractivity contribution < 1.29 is 18.8 Å². The number of nitrogens with zero attached hydrogens (tertiary/aromatic N) is 3. The predicted octanol–water partition coefficient (Wildman–Crippen LogP) is 3.40. The number of hydrogen-bond acceptors (Lipinski definition) is 7. The van der Waals surface area contributed by atoms with E-state index in [0.717, 1.165) is 25.1 Å². The van der Waals surface area contributed by atoms with Gasteiger partial charge in [0, 0.05) is 23.7 Å². The highest BCUT2D eigenvalue weighted by Crippen LogP contribution is 2.32. The van der Waals surface area contributed by atoms with Crippen LogP contribution in [0.3, 0.4) is 0 Å². The summed E-state index contributed by atoms with van der Waals surface area (Å²) in [6.45, 7) is 4.94. The van der Waals surface area contributed by atoms with Gasteiger partial charge in [0.15, 0.2) is 11.5 Å². The van der Waals surface area contributed by atoms with Crippen LogP contribution in [0, 0.1) is 0 Å². The number of carbonyl (C=O) groups is 1. The van der Waals surface area contributed by atoms with Crippen molar-refractivity contribution in [3.8, 4) is 22.9 Å². The van der Waals surface area contributed by atoms with E-state index in [2.05, 4.69) is 20.4 Å². The first-order chi connectivity index (χ1) is 15.2. The van der Waals surface area contributed by atoms with Crippen LogP contribution in [0.15, 0.2) is 53.1 Å². The average molecular weight is 422 g/mol. The Kier molecular flexibility index (Phi) is 6.78. The number of rotatable bonds is 9. The van der Waals surface area contributed by atoms with Gasteiger partial charge in [-0.1, -0.05) is 42.4 Å². The number of nitrogens with one attached hydrogen (secondary N) is 1. The van der Waals surface area contributed by atoms with E-state index in [-0.39, 0.29) is 5.91 Å². The second kappa shape index (κ2) is 10.1. The maximum atomic E-state index is 12.5. The Morgan fingerprint density at radius 3 is 2.71 bits per heavy atom. The van der Waals surface area contributed by atoms with E-state index in [0.29, 0.717) is 55.1 Å². The number of aromatic nitrogens is 2. The van der Waals surface area contributed by atoms with Gasteiger partial charge in [-0.2, -0.15) is 4.98 Å². The SMILES string of the molecule is CCN(CCCc1nc(-c2ccccc2)no1)CC(=O)Nc1ccc2c(c1)OCCO2. The molecule has 0 aliphatic carbocycles. The van der Waals surface area contributed by atoms with Gasteiger partial charge in [-0.25, -0.2) is 0 Å². The standard InChI is InChI=1S/C23H26N4O4/c1-2-27(12-6-9-22-25-23(26-31-22)17-7-4-3-5-8-17)16-21(28)24-18-10-11-19-20(15-18)30-14-13-29-19/h3-5,7-8,10-11,15H,2,6,9,12-14,16H2,1H3,(H,24,28). The van der Waals surface area contributed by atoms with Gasteiger partial charge in [0.1, 0.15) is 13.2 Å². The lowest BCUT2D eigenvalue weighted by atomic mass is 10.2. The molecule has 1 aliphatic rings. The Labute approximate surface area is 181 Å². The van der Waals surface area contributed by atoms with Crippen LogP contribution in [0.2, 0.25) is 0 Å². The van der Waals surface area contributed by atoms with E-state index in [1.807, 2.05) is 49.4 Å². The Morgan fingerprint density at radius 1 is 1.10 bits per heavy atom. The number of anilines is 1. The fraction of sp³-hybridized carbons (Fsp3) is 0.348. The molecule has 1 aliphatic heterocycles. The zero-order valence-corrected chi connectivity index (χ0v) is 17.5. The highest BCUT2D eigenvalue weighted by molar-refractivity contribution is 5.92. The molecule has 0 fully saturated rings. The van der Waals surface area contributed by atoms with E-state index in [1.54, 1.807) is 6.07 Å². The number of hydrogen-bond donors (Lipinski definition) is 1. The minimum absolute atomic E-state index is 0.0670. The summed E-state index contributed by atoms with van der Waals surface area (Å²) in [6.07, 6.45) is 1.49. The third kappa shape index (κ3) is 5.61. The van der Waals surface area contributed by atoms with Gasteiger partial charge in [-0.3, -0.25) is 9.69 Å². The van der Waals surface area contributed by atoms with Crippen molar-refractivity contribution in [3.63, 3.8) is 0 Å². The second-order valence-corrected chi connectivity index (χ2v) is 7.26. The molecule has 2 heterocycles. The molecular formula is C23H26N4O4. The van der Waals surface area contributed by atoms with Crippen molar-refractivity contribution in [2.45, 2.75) is 19.8 Å². The fourth-order valence-corrected chi connectivity index (χ4v) is 3.39. The minimum atomic E-state index is -0.0670. The van der Waals surface area contributed by atoms with Gasteiger partial charge < -0.3 is 19.3 Å². The maximum Gasteiger partial charge on any atom is 0.238 e. The quantitative estimate of drug-likeness (QED) is 0.565. The summed E-state index contributed by atoms with van der Waals surface area (Å²) in [5.41, 5.74) is 1.63. The molecule has 0 saturated heterocycles. The monoisotopic (exact) mass is 422 g/mol. The molecular weight excluding hydrogens is 396 g/mol. The molecule has 162 valence electrons. The first-order valence-electron chi connectivity index (χ1n) is 10.5. The van der Waals surface area contributed by atoms with Crippen LogP contribution in [-0.4, -0.2) is 53.8 Å². The molecule has 1 amide bonds. The molecule has 8 heteroatoms. The Bertz CT molecular complexity index is 1010. The summed E-state index contributed by atoms with van der Waals surface area (Å²) in [5.74, 6) is 2.50. The lowest BCUT2D eigenvalue weighted by Gasteiger charge is -2.21. The zero-order valence-electron chi connectivity index (χ0n) is 17.5. The van der Waals surface area contributed by atoms with E-state index in [1.165, 1.54) is 0 Å². The van der Waals surface area contributed by atoms with E-state index >= 15 is 0 Å². The normalized spacial score (nSPS) is 12.7. The molecule has 1 N–H and O–H groups in total. The van der Waals surface area contributed by atoms with Crippen LogP contribution in [0.5, 0.6) is 11.5 Å². The van der Waals surface area contributed by atoms with Crippen LogP contribution in [-0.2, 0) is 11.2 Å². The van der Waals surface area contributed by atoms with Crippen molar-refractivity contribution in [3.05, 3.63) is 54.4 Å². The van der Waals surface area contributed by atoms with E-state index in [9.17, 15) is 4.79 Å². The van der Waals surface area contributed by atoms with Gasteiger partial charge in [-0.05, 0) is 31.6 Å². The van der Waals surface area contributed by atoms with Gasteiger partial charge in [0.05, 0.1) is 6.54 Å². The third-order valence-electron chi connectivity index (χ3n) is 5.01. The first kappa shape index (κ1) is 20.9. The third-order valence-corrected chi connectivity index (χ3v) is 5.01. The molecule has 0 unspecified atom stereocenters. The number of fused-ring (bicyclic) bond motifs is 1. The fourth-order valence-electron chi connectivity index (χ4n) is 3.39. The summed E-state index contributed by atoms with van der Waals surface area (Å²) >= 11 is 0.